The van der Waals surface area contributed by atoms with Crippen molar-refractivity contribution in [3.63, 3.8) is 0 Å². The van der Waals surface area contributed by atoms with E-state index in [4.69, 9.17) is 11.6 Å². The fourth-order valence-corrected chi connectivity index (χ4v) is 6.99. The summed E-state index contributed by atoms with van der Waals surface area (Å²) in [5.41, 5.74) is 0.484. The summed E-state index contributed by atoms with van der Waals surface area (Å²) in [5, 5.41) is 2.27. The van der Waals surface area contributed by atoms with Gasteiger partial charge in [0.2, 0.25) is 11.8 Å². The first-order valence-electron chi connectivity index (χ1n) is 15.5. The van der Waals surface area contributed by atoms with Crippen molar-refractivity contribution >= 4 is 55.1 Å². The normalized spacial score (nSPS) is 12.3. The summed E-state index contributed by atoms with van der Waals surface area (Å²) in [4.78, 5) is 29.4. The van der Waals surface area contributed by atoms with Gasteiger partial charge in [0.05, 0.1) is 21.2 Å². The van der Waals surface area contributed by atoms with Crippen LogP contribution in [-0.4, -0.2) is 44.3 Å². The number of carbonyl (C=O) groups excluding carboxylic acids is 2. The maximum Gasteiger partial charge on any atom is 0.417 e. The van der Waals surface area contributed by atoms with Gasteiger partial charge < -0.3 is 10.2 Å². The molecule has 4 aromatic rings. The van der Waals surface area contributed by atoms with E-state index in [-0.39, 0.29) is 17.9 Å². The molecule has 2 amide bonds. The van der Waals surface area contributed by atoms with Gasteiger partial charge in [-0.05, 0) is 66.9 Å². The van der Waals surface area contributed by atoms with Gasteiger partial charge in [-0.3, -0.25) is 13.9 Å². The Kier molecular flexibility index (Phi) is 12.9. The molecule has 7 nitrogen and oxygen atoms in total. The Bertz CT molecular complexity index is 1840. The van der Waals surface area contributed by atoms with Gasteiger partial charge in [-0.2, -0.15) is 13.2 Å². The lowest BCUT2D eigenvalue weighted by Crippen LogP contribution is -2.53. The Morgan fingerprint density at radius 2 is 1.57 bits per heavy atom. The number of carbonyl (C=O) groups is 2. The molecule has 4 rings (SSSR count). The molecule has 0 aromatic heterocycles. The standard InChI is InChI=1S/C36H36BrClF3N3O4S/c1-3-4-20-42-35(46)33(21-26-8-6-5-7-9-26)43(23-27-12-14-28(37)15-13-27)34(45)24-44(49(47,48)30-17-10-25(2)11-18-30)29-16-19-32(38)31(22-29)36(39,40)41/h5-19,22,33H,3-4,20-21,23-24H2,1-2H3,(H,42,46). The number of anilines is 1. The monoisotopic (exact) mass is 777 g/mol. The molecular formula is C36H36BrClF3N3O4S. The molecule has 4 aromatic carbocycles. The van der Waals surface area contributed by atoms with Gasteiger partial charge in [0.25, 0.3) is 10.0 Å². The van der Waals surface area contributed by atoms with Crippen molar-refractivity contribution in [1.29, 1.82) is 0 Å². The van der Waals surface area contributed by atoms with Crippen molar-refractivity contribution < 1.29 is 31.2 Å². The SMILES string of the molecule is CCCCNC(=O)C(Cc1ccccc1)N(Cc1ccc(Br)cc1)C(=O)CN(c1ccc(Cl)c(C(F)(F)F)c1)S(=O)(=O)c1ccc(C)cc1. The zero-order valence-corrected chi connectivity index (χ0v) is 30.0. The number of alkyl halides is 3. The average molecular weight is 779 g/mol. The van der Waals surface area contributed by atoms with Gasteiger partial charge in [0.1, 0.15) is 12.6 Å². The Labute approximate surface area is 298 Å². The molecule has 0 heterocycles. The molecule has 1 N–H and O–H groups in total. The van der Waals surface area contributed by atoms with Crippen molar-refractivity contribution in [2.45, 2.75) is 56.8 Å². The molecule has 49 heavy (non-hydrogen) atoms. The second-order valence-electron chi connectivity index (χ2n) is 11.5. The molecule has 0 fully saturated rings. The number of amides is 2. The van der Waals surface area contributed by atoms with Crippen LogP contribution < -0.4 is 9.62 Å². The number of nitrogens with one attached hydrogen (secondary N) is 1. The van der Waals surface area contributed by atoms with Gasteiger partial charge >= 0.3 is 6.18 Å². The van der Waals surface area contributed by atoms with Gasteiger partial charge in [-0.1, -0.05) is 101 Å². The highest BCUT2D eigenvalue weighted by Gasteiger charge is 2.37. The van der Waals surface area contributed by atoms with Crippen LogP contribution in [0.4, 0.5) is 18.9 Å². The molecular weight excluding hydrogens is 743 g/mol. The Balaban J connectivity index is 1.85. The highest BCUT2D eigenvalue weighted by atomic mass is 79.9. The van der Waals surface area contributed by atoms with Crippen LogP contribution in [0.1, 0.15) is 42.0 Å². The van der Waals surface area contributed by atoms with Crippen LogP contribution in [0.3, 0.4) is 0 Å². The number of rotatable bonds is 14. The number of nitrogens with zero attached hydrogens (tertiary/aromatic N) is 2. The molecule has 0 aliphatic heterocycles. The van der Waals surface area contributed by atoms with E-state index in [1.165, 1.54) is 17.0 Å². The van der Waals surface area contributed by atoms with Crippen molar-refractivity contribution in [2.24, 2.45) is 0 Å². The first-order chi connectivity index (χ1) is 23.2. The first-order valence-corrected chi connectivity index (χ1v) is 18.1. The molecule has 0 spiro atoms. The Morgan fingerprint density at radius 1 is 0.918 bits per heavy atom. The van der Waals surface area contributed by atoms with E-state index in [2.05, 4.69) is 21.2 Å². The second kappa shape index (κ2) is 16.7. The van der Waals surface area contributed by atoms with Crippen LogP contribution >= 0.6 is 27.5 Å². The minimum atomic E-state index is -4.90. The van der Waals surface area contributed by atoms with E-state index in [0.717, 1.165) is 34.2 Å². The van der Waals surface area contributed by atoms with Gasteiger partial charge in [0.15, 0.2) is 0 Å². The topological polar surface area (TPSA) is 86.8 Å². The summed E-state index contributed by atoms with van der Waals surface area (Å²) in [7, 11) is -4.61. The maximum absolute atomic E-state index is 14.5. The van der Waals surface area contributed by atoms with E-state index in [1.807, 2.05) is 25.1 Å². The zero-order chi connectivity index (χ0) is 35.8. The lowest BCUT2D eigenvalue weighted by atomic mass is 10.0. The van der Waals surface area contributed by atoms with Crippen LogP contribution in [0, 0.1) is 6.92 Å². The molecule has 1 atom stereocenters. The molecule has 0 radical (unpaired) electrons. The predicted octanol–water partition coefficient (Wildman–Crippen LogP) is 8.18. The molecule has 0 aliphatic rings. The average Bonchev–Trinajstić information content (AvgIpc) is 3.06. The van der Waals surface area contributed by atoms with Crippen LogP contribution in [-0.2, 0) is 38.8 Å². The third kappa shape index (κ3) is 10.1. The summed E-state index contributed by atoms with van der Waals surface area (Å²) < 4.78 is 71.7. The van der Waals surface area contributed by atoms with E-state index in [9.17, 15) is 31.2 Å². The smallest absolute Gasteiger partial charge is 0.354 e. The minimum absolute atomic E-state index is 0.0857. The van der Waals surface area contributed by atoms with Gasteiger partial charge in [-0.15, -0.1) is 0 Å². The van der Waals surface area contributed by atoms with Gasteiger partial charge in [0, 0.05) is 24.0 Å². The fourth-order valence-electron chi connectivity index (χ4n) is 5.10. The predicted molar refractivity (Wildman–Crippen MR) is 189 cm³/mol. The lowest BCUT2D eigenvalue weighted by Gasteiger charge is -2.34. The number of aryl methyl sites for hydroxylation is 1. The van der Waals surface area contributed by atoms with E-state index < -0.39 is 56.9 Å². The zero-order valence-electron chi connectivity index (χ0n) is 26.9. The number of sulfonamides is 1. The second-order valence-corrected chi connectivity index (χ2v) is 14.7. The quantitative estimate of drug-likeness (QED) is 0.131. The van der Waals surface area contributed by atoms with Crippen LogP contribution in [0.15, 0.2) is 106 Å². The third-order valence-corrected chi connectivity index (χ3v) is 10.4. The van der Waals surface area contributed by atoms with Crippen LogP contribution in [0.25, 0.3) is 0 Å². The van der Waals surface area contributed by atoms with Crippen LogP contribution in [0.2, 0.25) is 5.02 Å². The van der Waals surface area contributed by atoms with E-state index in [0.29, 0.717) is 28.9 Å². The lowest BCUT2D eigenvalue weighted by molar-refractivity contribution is -0.140. The molecule has 0 saturated carbocycles. The van der Waals surface area contributed by atoms with E-state index in [1.54, 1.807) is 55.5 Å². The number of halogens is 5. The fraction of sp³-hybridized carbons (Fsp3) is 0.278. The number of hydrogen-bond acceptors (Lipinski definition) is 4. The van der Waals surface area contributed by atoms with Crippen molar-refractivity contribution in [3.05, 3.63) is 129 Å². The largest absolute Gasteiger partial charge is 0.417 e. The van der Waals surface area contributed by atoms with Crippen molar-refractivity contribution in [2.75, 3.05) is 17.4 Å². The highest BCUT2D eigenvalue weighted by molar-refractivity contribution is 9.10. The summed E-state index contributed by atoms with van der Waals surface area (Å²) in [6.45, 7) is 3.10. The van der Waals surface area contributed by atoms with Crippen molar-refractivity contribution in [1.82, 2.24) is 10.2 Å². The summed E-state index contributed by atoms with van der Waals surface area (Å²) in [6.07, 6.45) is -3.28. The molecule has 0 aliphatic carbocycles. The minimum Gasteiger partial charge on any atom is -0.354 e. The number of benzene rings is 4. The highest BCUT2D eigenvalue weighted by Crippen LogP contribution is 2.38. The molecule has 0 bridgehead atoms. The summed E-state index contributed by atoms with van der Waals surface area (Å²) >= 11 is 9.28. The molecule has 1 unspecified atom stereocenters. The number of hydrogen-bond donors (Lipinski definition) is 1. The maximum atomic E-state index is 14.5. The third-order valence-electron chi connectivity index (χ3n) is 7.80. The van der Waals surface area contributed by atoms with Gasteiger partial charge in [-0.25, -0.2) is 8.42 Å². The van der Waals surface area contributed by atoms with Crippen LogP contribution in [0.5, 0.6) is 0 Å². The molecule has 13 heteroatoms. The summed E-state index contributed by atoms with van der Waals surface area (Å²) in [6, 6.07) is 23.4. The Morgan fingerprint density at radius 3 is 2.18 bits per heavy atom. The molecule has 0 saturated heterocycles. The number of unbranched alkanes of at least 4 members (excludes halogenated alkanes) is 1. The molecule has 260 valence electrons. The van der Waals surface area contributed by atoms with E-state index >= 15 is 0 Å². The van der Waals surface area contributed by atoms with Crippen molar-refractivity contribution in [3.8, 4) is 0 Å². The first kappa shape index (κ1) is 37.9. The summed E-state index contributed by atoms with van der Waals surface area (Å²) in [5.74, 6) is -1.24. The Hall–Kier alpha value is -3.87.